The van der Waals surface area contributed by atoms with Gasteiger partial charge in [-0.3, -0.25) is 4.21 Å². The number of nitrogens with one attached hydrogen (secondary N) is 1. The zero-order valence-corrected chi connectivity index (χ0v) is 14.1. The number of hydrogen-bond acceptors (Lipinski definition) is 2. The van der Waals surface area contributed by atoms with E-state index in [0.717, 1.165) is 12.2 Å². The van der Waals surface area contributed by atoms with Crippen LogP contribution in [-0.2, 0) is 17.2 Å². The molecular formula is C17H29NOS. The standard InChI is InChI=1S/C17H29NOS/c1-5-6-7-16-8-10-17(11-9-16)15(3)18-14(2)12-13-20(4)19/h8-11,14-15,18H,5-7,12-13H2,1-4H3. The molecule has 0 aliphatic carbocycles. The van der Waals surface area contributed by atoms with Gasteiger partial charge in [0.15, 0.2) is 0 Å². The molecule has 1 rings (SSSR count). The Hall–Kier alpha value is -0.670. The van der Waals surface area contributed by atoms with Crippen molar-refractivity contribution in [2.45, 2.75) is 58.5 Å². The lowest BCUT2D eigenvalue weighted by Crippen LogP contribution is -2.30. The molecule has 0 aliphatic heterocycles. The maximum absolute atomic E-state index is 11.1. The van der Waals surface area contributed by atoms with Crippen LogP contribution in [0.3, 0.4) is 0 Å². The van der Waals surface area contributed by atoms with Gasteiger partial charge in [-0.2, -0.15) is 0 Å². The predicted molar refractivity (Wildman–Crippen MR) is 89.6 cm³/mol. The summed E-state index contributed by atoms with van der Waals surface area (Å²) in [6.07, 6.45) is 6.42. The number of rotatable bonds is 9. The van der Waals surface area contributed by atoms with Crippen molar-refractivity contribution in [1.82, 2.24) is 5.32 Å². The fraction of sp³-hybridized carbons (Fsp3) is 0.647. The van der Waals surface area contributed by atoms with Crippen LogP contribution in [0.15, 0.2) is 24.3 Å². The molecule has 0 heterocycles. The van der Waals surface area contributed by atoms with Crippen LogP contribution >= 0.6 is 0 Å². The van der Waals surface area contributed by atoms with Crippen molar-refractivity contribution in [2.75, 3.05) is 12.0 Å². The Morgan fingerprint density at radius 2 is 1.85 bits per heavy atom. The molecule has 0 bridgehead atoms. The van der Waals surface area contributed by atoms with Crippen LogP contribution in [0.2, 0.25) is 0 Å². The lowest BCUT2D eigenvalue weighted by atomic mass is 10.0. The van der Waals surface area contributed by atoms with E-state index in [4.69, 9.17) is 0 Å². The minimum Gasteiger partial charge on any atom is -0.308 e. The molecular weight excluding hydrogens is 266 g/mol. The fourth-order valence-corrected chi connectivity index (χ4v) is 2.99. The summed E-state index contributed by atoms with van der Waals surface area (Å²) in [6, 6.07) is 9.69. The number of aryl methyl sites for hydroxylation is 1. The first-order chi connectivity index (χ1) is 9.52. The second-order valence-corrected chi connectivity index (χ2v) is 7.26. The molecule has 2 nitrogen and oxygen atoms in total. The van der Waals surface area contributed by atoms with Crippen molar-refractivity contribution in [2.24, 2.45) is 0 Å². The van der Waals surface area contributed by atoms with Gasteiger partial charge in [0, 0.05) is 34.9 Å². The van der Waals surface area contributed by atoms with Gasteiger partial charge in [-0.25, -0.2) is 0 Å². The third-order valence-corrected chi connectivity index (χ3v) is 4.48. The molecule has 0 radical (unpaired) electrons. The van der Waals surface area contributed by atoms with Crippen LogP contribution in [0.25, 0.3) is 0 Å². The van der Waals surface area contributed by atoms with E-state index in [2.05, 4.69) is 50.4 Å². The average molecular weight is 295 g/mol. The summed E-state index contributed by atoms with van der Waals surface area (Å²) in [5.41, 5.74) is 2.76. The highest BCUT2D eigenvalue weighted by Gasteiger charge is 2.09. The molecule has 0 aromatic heterocycles. The third-order valence-electron chi connectivity index (χ3n) is 3.67. The second kappa shape index (κ2) is 9.30. The Morgan fingerprint density at radius 1 is 1.20 bits per heavy atom. The molecule has 3 unspecified atom stereocenters. The average Bonchev–Trinajstić information content (AvgIpc) is 2.43. The van der Waals surface area contributed by atoms with E-state index in [1.165, 1.54) is 30.4 Å². The molecule has 0 aliphatic rings. The van der Waals surface area contributed by atoms with Crippen LogP contribution in [0, 0.1) is 0 Å². The molecule has 3 atom stereocenters. The van der Waals surface area contributed by atoms with Crippen LogP contribution in [-0.4, -0.2) is 22.3 Å². The van der Waals surface area contributed by atoms with E-state index in [9.17, 15) is 4.21 Å². The molecule has 0 fully saturated rings. The first kappa shape index (κ1) is 17.4. The van der Waals surface area contributed by atoms with E-state index in [1.54, 1.807) is 6.26 Å². The summed E-state index contributed by atoms with van der Waals surface area (Å²) in [5.74, 6) is 0.775. The molecule has 0 amide bonds. The first-order valence-corrected chi connectivity index (χ1v) is 9.40. The monoisotopic (exact) mass is 295 g/mol. The zero-order valence-electron chi connectivity index (χ0n) is 13.3. The zero-order chi connectivity index (χ0) is 15.0. The minimum atomic E-state index is -0.692. The highest BCUT2D eigenvalue weighted by atomic mass is 32.2. The van der Waals surface area contributed by atoms with Crippen molar-refractivity contribution in [3.05, 3.63) is 35.4 Å². The van der Waals surface area contributed by atoms with Gasteiger partial charge < -0.3 is 5.32 Å². The lowest BCUT2D eigenvalue weighted by Gasteiger charge is -2.20. The molecule has 1 aromatic carbocycles. The highest BCUT2D eigenvalue weighted by molar-refractivity contribution is 7.84. The second-order valence-electron chi connectivity index (χ2n) is 5.70. The predicted octanol–water partition coefficient (Wildman–Crippen LogP) is 3.84. The first-order valence-electron chi connectivity index (χ1n) is 7.67. The van der Waals surface area contributed by atoms with Crippen molar-refractivity contribution in [3.63, 3.8) is 0 Å². The minimum absolute atomic E-state index is 0.343. The summed E-state index contributed by atoms with van der Waals surface area (Å²) >= 11 is 0. The summed E-state index contributed by atoms with van der Waals surface area (Å²) in [7, 11) is -0.692. The van der Waals surface area contributed by atoms with E-state index in [0.29, 0.717) is 12.1 Å². The maximum Gasteiger partial charge on any atom is 0.0294 e. The molecule has 0 saturated carbocycles. The smallest absolute Gasteiger partial charge is 0.0294 e. The Bertz CT molecular complexity index is 402. The van der Waals surface area contributed by atoms with Gasteiger partial charge in [-0.05, 0) is 44.2 Å². The summed E-state index contributed by atoms with van der Waals surface area (Å²) in [4.78, 5) is 0. The largest absolute Gasteiger partial charge is 0.308 e. The molecule has 20 heavy (non-hydrogen) atoms. The van der Waals surface area contributed by atoms with Crippen LogP contribution in [0.4, 0.5) is 0 Å². The van der Waals surface area contributed by atoms with Crippen molar-refractivity contribution in [1.29, 1.82) is 0 Å². The van der Waals surface area contributed by atoms with Crippen molar-refractivity contribution in [3.8, 4) is 0 Å². The van der Waals surface area contributed by atoms with E-state index in [1.807, 2.05) is 0 Å². The van der Waals surface area contributed by atoms with Gasteiger partial charge in [0.05, 0.1) is 0 Å². The molecule has 114 valence electrons. The molecule has 1 N–H and O–H groups in total. The van der Waals surface area contributed by atoms with Gasteiger partial charge in [0.2, 0.25) is 0 Å². The van der Waals surface area contributed by atoms with Gasteiger partial charge in [-0.1, -0.05) is 37.6 Å². The van der Waals surface area contributed by atoms with Gasteiger partial charge in [0.1, 0.15) is 0 Å². The quantitative estimate of drug-likeness (QED) is 0.750. The van der Waals surface area contributed by atoms with Crippen molar-refractivity contribution < 1.29 is 4.21 Å². The Balaban J connectivity index is 2.46. The summed E-state index contributed by atoms with van der Waals surface area (Å²) in [6.45, 7) is 6.59. The third kappa shape index (κ3) is 6.67. The van der Waals surface area contributed by atoms with Gasteiger partial charge >= 0.3 is 0 Å². The summed E-state index contributed by atoms with van der Waals surface area (Å²) in [5, 5.41) is 3.58. The number of hydrogen-bond donors (Lipinski definition) is 1. The Morgan fingerprint density at radius 3 is 2.40 bits per heavy atom. The van der Waals surface area contributed by atoms with Gasteiger partial charge in [0.25, 0.3) is 0 Å². The summed E-state index contributed by atoms with van der Waals surface area (Å²) < 4.78 is 11.1. The Labute approximate surface area is 126 Å². The van der Waals surface area contributed by atoms with E-state index < -0.39 is 10.8 Å². The van der Waals surface area contributed by atoms with Crippen LogP contribution < -0.4 is 5.32 Å². The SMILES string of the molecule is CCCCc1ccc(C(C)NC(C)CCS(C)=O)cc1. The van der Waals surface area contributed by atoms with E-state index in [-0.39, 0.29) is 0 Å². The van der Waals surface area contributed by atoms with E-state index >= 15 is 0 Å². The van der Waals surface area contributed by atoms with Crippen molar-refractivity contribution >= 4 is 10.8 Å². The molecule has 0 saturated heterocycles. The number of unbranched alkanes of at least 4 members (excludes halogenated alkanes) is 1. The van der Waals surface area contributed by atoms with Crippen LogP contribution in [0.1, 0.15) is 57.2 Å². The highest BCUT2D eigenvalue weighted by Crippen LogP contribution is 2.15. The topological polar surface area (TPSA) is 29.1 Å². The van der Waals surface area contributed by atoms with Gasteiger partial charge in [-0.15, -0.1) is 0 Å². The normalized spacial score (nSPS) is 15.8. The lowest BCUT2D eigenvalue weighted by molar-refractivity contribution is 0.470. The molecule has 3 heteroatoms. The maximum atomic E-state index is 11.1. The molecule has 1 aromatic rings. The van der Waals surface area contributed by atoms with Crippen LogP contribution in [0.5, 0.6) is 0 Å². The fourth-order valence-electron chi connectivity index (χ4n) is 2.30. The molecule has 0 spiro atoms. The number of benzene rings is 1. The Kier molecular flexibility index (Phi) is 8.08.